The molecule has 3 heterocycles. The van der Waals surface area contributed by atoms with Crippen LogP contribution in [0.3, 0.4) is 0 Å². The van der Waals surface area contributed by atoms with Crippen LogP contribution in [0, 0.1) is 0 Å². The van der Waals surface area contributed by atoms with Crippen molar-refractivity contribution in [2.45, 2.75) is 13.0 Å². The van der Waals surface area contributed by atoms with Crippen LogP contribution in [0.15, 0.2) is 47.7 Å². The first-order valence-electron chi connectivity index (χ1n) is 9.78. The second-order valence-electron chi connectivity index (χ2n) is 7.33. The summed E-state index contributed by atoms with van der Waals surface area (Å²) in [6, 6.07) is 9.21. The quantitative estimate of drug-likeness (QED) is 0.616. The van der Waals surface area contributed by atoms with E-state index in [0.717, 1.165) is 44.0 Å². The Morgan fingerprint density at radius 2 is 1.90 bits per heavy atom. The van der Waals surface area contributed by atoms with Gasteiger partial charge in [-0.05, 0) is 23.8 Å². The molecule has 0 atom stereocenters. The number of halogens is 2. The number of alkyl halides is 2. The Labute approximate surface area is 172 Å². The van der Waals surface area contributed by atoms with Crippen molar-refractivity contribution < 1.29 is 13.5 Å². The molecule has 7 nitrogen and oxygen atoms in total. The third-order valence-corrected chi connectivity index (χ3v) is 5.22. The first-order valence-corrected chi connectivity index (χ1v) is 9.78. The van der Waals surface area contributed by atoms with Gasteiger partial charge < -0.3 is 14.2 Å². The molecule has 0 radical (unpaired) electrons. The SMILES string of the molecule is Cn1cc(CN2CCN(c3ccc4ncnc(OCC(F)F)c4c3)CC2)ccc1=O. The van der Waals surface area contributed by atoms with E-state index >= 15 is 0 Å². The lowest BCUT2D eigenvalue weighted by Gasteiger charge is -2.36. The molecule has 0 N–H and O–H groups in total. The number of benzene rings is 1. The third kappa shape index (κ3) is 4.56. The average Bonchev–Trinajstić information content (AvgIpc) is 2.75. The maximum absolute atomic E-state index is 12.5. The van der Waals surface area contributed by atoms with Gasteiger partial charge in [-0.3, -0.25) is 9.69 Å². The summed E-state index contributed by atoms with van der Waals surface area (Å²) in [4.78, 5) is 24.4. The van der Waals surface area contributed by atoms with Gasteiger partial charge in [-0.2, -0.15) is 0 Å². The second-order valence-corrected chi connectivity index (χ2v) is 7.33. The molecule has 158 valence electrons. The zero-order valence-corrected chi connectivity index (χ0v) is 16.7. The van der Waals surface area contributed by atoms with Crippen molar-refractivity contribution >= 4 is 16.6 Å². The van der Waals surface area contributed by atoms with Crippen LogP contribution in [0.2, 0.25) is 0 Å². The number of rotatable bonds is 6. The number of piperazine rings is 1. The van der Waals surface area contributed by atoms with Gasteiger partial charge in [-0.15, -0.1) is 0 Å². The number of hydrogen-bond acceptors (Lipinski definition) is 6. The fraction of sp³-hybridized carbons (Fsp3) is 0.381. The molecule has 0 spiro atoms. The van der Waals surface area contributed by atoms with E-state index in [1.54, 1.807) is 17.7 Å². The van der Waals surface area contributed by atoms with E-state index in [9.17, 15) is 13.6 Å². The number of aryl methyl sites for hydroxylation is 1. The summed E-state index contributed by atoms with van der Waals surface area (Å²) >= 11 is 0. The molecule has 1 fully saturated rings. The minimum atomic E-state index is -2.56. The molecule has 0 aliphatic carbocycles. The average molecular weight is 415 g/mol. The molecule has 0 unspecified atom stereocenters. The topological polar surface area (TPSA) is 63.5 Å². The fourth-order valence-electron chi connectivity index (χ4n) is 3.64. The van der Waals surface area contributed by atoms with E-state index in [0.29, 0.717) is 10.9 Å². The second kappa shape index (κ2) is 8.74. The third-order valence-electron chi connectivity index (χ3n) is 5.22. The molecule has 30 heavy (non-hydrogen) atoms. The van der Waals surface area contributed by atoms with E-state index in [2.05, 4.69) is 19.8 Å². The maximum atomic E-state index is 12.5. The lowest BCUT2D eigenvalue weighted by atomic mass is 10.1. The summed E-state index contributed by atoms with van der Waals surface area (Å²) in [6.07, 6.45) is 0.637. The van der Waals surface area contributed by atoms with Crippen LogP contribution in [-0.2, 0) is 13.6 Å². The van der Waals surface area contributed by atoms with Crippen molar-refractivity contribution in [1.82, 2.24) is 19.4 Å². The number of pyridine rings is 1. The first kappa shape index (κ1) is 20.2. The Hall–Kier alpha value is -3.07. The molecule has 1 saturated heterocycles. The molecule has 2 aromatic heterocycles. The largest absolute Gasteiger partial charge is 0.471 e. The number of aromatic nitrogens is 3. The molecular weight excluding hydrogens is 392 g/mol. The highest BCUT2D eigenvalue weighted by atomic mass is 19.3. The van der Waals surface area contributed by atoms with Gasteiger partial charge in [0.25, 0.3) is 6.43 Å². The number of nitrogens with zero attached hydrogens (tertiary/aromatic N) is 5. The van der Waals surface area contributed by atoms with Crippen molar-refractivity contribution in [3.8, 4) is 5.88 Å². The lowest BCUT2D eigenvalue weighted by molar-refractivity contribution is 0.0804. The van der Waals surface area contributed by atoms with E-state index in [-0.39, 0.29) is 11.4 Å². The van der Waals surface area contributed by atoms with Gasteiger partial charge in [0.1, 0.15) is 6.33 Å². The molecule has 1 aliphatic heterocycles. The van der Waals surface area contributed by atoms with Crippen molar-refractivity contribution in [2.75, 3.05) is 37.7 Å². The number of fused-ring (bicyclic) bond motifs is 1. The van der Waals surface area contributed by atoms with E-state index in [4.69, 9.17) is 4.74 Å². The summed E-state index contributed by atoms with van der Waals surface area (Å²) in [6.45, 7) is 3.51. The molecule has 1 aliphatic rings. The maximum Gasteiger partial charge on any atom is 0.272 e. The fourth-order valence-corrected chi connectivity index (χ4v) is 3.64. The standard InChI is InChI=1S/C21H23F2N5O2/c1-26-11-15(2-5-20(26)29)12-27-6-8-28(9-7-27)16-3-4-18-17(10-16)21(25-14-24-18)30-13-19(22)23/h2-5,10-11,14,19H,6-9,12-13H2,1H3. The van der Waals surface area contributed by atoms with E-state index < -0.39 is 13.0 Å². The van der Waals surface area contributed by atoms with Crippen molar-refractivity contribution in [3.05, 3.63) is 58.8 Å². The van der Waals surface area contributed by atoms with Crippen LogP contribution in [0.25, 0.3) is 10.9 Å². The summed E-state index contributed by atoms with van der Waals surface area (Å²) in [5, 5.41) is 0.628. The molecule has 4 rings (SSSR count). The van der Waals surface area contributed by atoms with Gasteiger partial charge in [0, 0.05) is 57.7 Å². The smallest absolute Gasteiger partial charge is 0.272 e. The Morgan fingerprint density at radius 3 is 2.63 bits per heavy atom. The Kier molecular flexibility index (Phi) is 5.89. The molecule has 0 amide bonds. The van der Waals surface area contributed by atoms with Gasteiger partial charge in [0.2, 0.25) is 11.4 Å². The Morgan fingerprint density at radius 1 is 1.10 bits per heavy atom. The summed E-state index contributed by atoms with van der Waals surface area (Å²) in [5.41, 5.74) is 2.74. The summed E-state index contributed by atoms with van der Waals surface area (Å²) in [5.74, 6) is 0.176. The van der Waals surface area contributed by atoms with E-state index in [1.807, 2.05) is 30.5 Å². The van der Waals surface area contributed by atoms with Crippen molar-refractivity contribution in [3.63, 3.8) is 0 Å². The van der Waals surface area contributed by atoms with Gasteiger partial charge in [-0.25, -0.2) is 18.7 Å². The van der Waals surface area contributed by atoms with Gasteiger partial charge in [0.15, 0.2) is 6.61 Å². The van der Waals surface area contributed by atoms with Crippen LogP contribution in [-0.4, -0.2) is 58.6 Å². The molecule has 0 bridgehead atoms. The van der Waals surface area contributed by atoms with Crippen molar-refractivity contribution in [1.29, 1.82) is 0 Å². The van der Waals surface area contributed by atoms with Crippen molar-refractivity contribution in [2.24, 2.45) is 7.05 Å². The minimum Gasteiger partial charge on any atom is -0.471 e. The van der Waals surface area contributed by atoms with Gasteiger partial charge >= 0.3 is 0 Å². The normalized spacial score (nSPS) is 15.1. The first-order chi connectivity index (χ1) is 14.5. The van der Waals surface area contributed by atoms with Crippen LogP contribution >= 0.6 is 0 Å². The van der Waals surface area contributed by atoms with E-state index in [1.165, 1.54) is 6.33 Å². The summed E-state index contributed by atoms with van der Waals surface area (Å²) < 4.78 is 31.8. The molecule has 9 heteroatoms. The number of anilines is 1. The molecule has 1 aromatic carbocycles. The lowest BCUT2D eigenvalue weighted by Crippen LogP contribution is -2.46. The molecule has 3 aromatic rings. The van der Waals surface area contributed by atoms with Crippen LogP contribution in [0.1, 0.15) is 5.56 Å². The van der Waals surface area contributed by atoms with Crippen LogP contribution in [0.4, 0.5) is 14.5 Å². The number of hydrogen-bond donors (Lipinski definition) is 0. The van der Waals surface area contributed by atoms with Gasteiger partial charge in [0.05, 0.1) is 10.9 Å². The Bertz CT molecular complexity index is 1080. The highest BCUT2D eigenvalue weighted by Gasteiger charge is 2.19. The highest BCUT2D eigenvalue weighted by molar-refractivity contribution is 5.86. The highest BCUT2D eigenvalue weighted by Crippen LogP contribution is 2.27. The molecular formula is C21H23F2N5O2. The van der Waals surface area contributed by atoms with Gasteiger partial charge in [-0.1, -0.05) is 6.07 Å². The zero-order valence-electron chi connectivity index (χ0n) is 16.7. The Balaban J connectivity index is 1.44. The zero-order chi connectivity index (χ0) is 21.1. The van der Waals surface area contributed by atoms with Crippen LogP contribution in [0.5, 0.6) is 5.88 Å². The summed E-state index contributed by atoms with van der Waals surface area (Å²) in [7, 11) is 1.76. The van der Waals surface area contributed by atoms with Crippen LogP contribution < -0.4 is 15.2 Å². The minimum absolute atomic E-state index is 0.0132. The number of ether oxygens (including phenoxy) is 1. The molecule has 0 saturated carbocycles. The predicted octanol–water partition coefficient (Wildman–Crippen LogP) is 2.29. The predicted molar refractivity (Wildman–Crippen MR) is 110 cm³/mol. The monoisotopic (exact) mass is 415 g/mol.